The molecule has 0 aliphatic rings. The van der Waals surface area contributed by atoms with Gasteiger partial charge in [-0.15, -0.1) is 0 Å². The third-order valence-corrected chi connectivity index (χ3v) is 3.16. The molecule has 3 rings (SSSR count). The Morgan fingerprint density at radius 2 is 1.48 bits per heavy atom. The molecule has 118 valence electrons. The van der Waals surface area contributed by atoms with Crippen LogP contribution in [0.25, 0.3) is 22.5 Å². The minimum atomic E-state index is -0.486. The van der Waals surface area contributed by atoms with Gasteiger partial charge in [-0.3, -0.25) is 0 Å². The lowest BCUT2D eigenvalue weighted by Gasteiger charge is -2.07. The maximum atomic E-state index is 12.9. The van der Waals surface area contributed by atoms with Crippen molar-refractivity contribution in [2.24, 2.45) is 0 Å². The quantitative estimate of drug-likeness (QED) is 0.768. The minimum Gasteiger partial charge on any atom is -0.383 e. The van der Waals surface area contributed by atoms with Gasteiger partial charge in [-0.2, -0.15) is 0 Å². The number of aromatic nitrogens is 3. The van der Waals surface area contributed by atoms with E-state index in [0.29, 0.717) is 17.2 Å². The highest BCUT2D eigenvalue weighted by Gasteiger charge is 2.09. The minimum absolute atomic E-state index is 0.317. The van der Waals surface area contributed by atoms with Crippen LogP contribution >= 0.6 is 0 Å². The van der Waals surface area contributed by atoms with Crippen molar-refractivity contribution < 1.29 is 4.39 Å². The largest absolute Gasteiger partial charge is 0.383 e. The summed E-state index contributed by atoms with van der Waals surface area (Å²) in [5, 5.41) is 0. The lowest BCUT2D eigenvalue weighted by Crippen LogP contribution is -1.98. The second kappa shape index (κ2) is 7.45. The van der Waals surface area contributed by atoms with Crippen molar-refractivity contribution in [3.8, 4) is 22.5 Å². The highest BCUT2D eigenvalue weighted by molar-refractivity contribution is 5.75. The first-order valence-corrected chi connectivity index (χ1v) is 7.44. The fourth-order valence-corrected chi connectivity index (χ4v) is 2.01. The Morgan fingerprint density at radius 3 is 2.09 bits per heavy atom. The fourth-order valence-electron chi connectivity index (χ4n) is 2.01. The van der Waals surface area contributed by atoms with Crippen LogP contribution in [-0.4, -0.2) is 15.0 Å². The molecule has 2 N–H and O–H groups in total. The van der Waals surface area contributed by atoms with Crippen molar-refractivity contribution in [2.75, 3.05) is 5.73 Å². The molecule has 0 unspecified atom stereocenters. The van der Waals surface area contributed by atoms with E-state index in [4.69, 9.17) is 5.73 Å². The topological polar surface area (TPSA) is 64.7 Å². The first-order chi connectivity index (χ1) is 11.1. The smallest absolute Gasteiger partial charge is 0.163 e. The van der Waals surface area contributed by atoms with Crippen LogP contribution in [0.5, 0.6) is 0 Å². The number of hydrogen-bond donors (Lipinski definition) is 1. The van der Waals surface area contributed by atoms with Crippen molar-refractivity contribution in [3.05, 3.63) is 60.3 Å². The van der Waals surface area contributed by atoms with Crippen LogP contribution in [0.15, 0.2) is 48.9 Å². The van der Waals surface area contributed by atoms with E-state index in [1.165, 1.54) is 5.56 Å². The molecule has 5 heteroatoms. The number of aryl methyl sites for hydroxylation is 1. The van der Waals surface area contributed by atoms with Crippen LogP contribution < -0.4 is 5.73 Å². The van der Waals surface area contributed by atoms with Crippen molar-refractivity contribution >= 4 is 5.82 Å². The Labute approximate surface area is 135 Å². The van der Waals surface area contributed by atoms with E-state index in [1.807, 2.05) is 51.1 Å². The van der Waals surface area contributed by atoms with Gasteiger partial charge in [0, 0.05) is 11.8 Å². The number of rotatable bonds is 2. The van der Waals surface area contributed by atoms with E-state index >= 15 is 0 Å². The van der Waals surface area contributed by atoms with Gasteiger partial charge in [0.05, 0.1) is 18.0 Å². The molecule has 0 fully saturated rings. The molecule has 0 saturated heterocycles. The average molecular weight is 310 g/mol. The number of anilines is 1. The van der Waals surface area contributed by atoms with Crippen LogP contribution in [0.4, 0.5) is 10.2 Å². The summed E-state index contributed by atoms with van der Waals surface area (Å²) in [7, 11) is 0. The lowest BCUT2D eigenvalue weighted by molar-refractivity contribution is 0.614. The summed E-state index contributed by atoms with van der Waals surface area (Å²) in [4.78, 5) is 12.1. The molecule has 3 aromatic rings. The molecule has 0 atom stereocenters. The Bertz CT molecular complexity index is 768. The molecule has 2 heterocycles. The number of nitrogens with two attached hydrogens (primary N) is 1. The number of pyridine rings is 1. The Hall–Kier alpha value is -2.82. The zero-order chi connectivity index (χ0) is 16.8. The second-order valence-electron chi connectivity index (χ2n) is 4.75. The highest BCUT2D eigenvalue weighted by Crippen LogP contribution is 2.27. The molecule has 0 bridgehead atoms. The predicted octanol–water partition coefficient (Wildman–Crippen LogP) is 4.26. The average Bonchev–Trinajstić information content (AvgIpc) is 2.59. The molecule has 0 radical (unpaired) electrons. The summed E-state index contributed by atoms with van der Waals surface area (Å²) in [6.45, 7) is 6.03. The van der Waals surface area contributed by atoms with Crippen LogP contribution in [0.1, 0.15) is 19.4 Å². The molecule has 23 heavy (non-hydrogen) atoms. The molecule has 0 aliphatic heterocycles. The van der Waals surface area contributed by atoms with Crippen molar-refractivity contribution in [1.29, 1.82) is 0 Å². The van der Waals surface area contributed by atoms with Crippen molar-refractivity contribution in [1.82, 2.24) is 15.0 Å². The van der Waals surface area contributed by atoms with Gasteiger partial charge in [0.15, 0.2) is 11.6 Å². The maximum absolute atomic E-state index is 12.9. The molecule has 0 saturated carbocycles. The monoisotopic (exact) mass is 310 g/mol. The predicted molar refractivity (Wildman–Crippen MR) is 91.2 cm³/mol. The number of benzene rings is 1. The van der Waals surface area contributed by atoms with Gasteiger partial charge in [0.25, 0.3) is 0 Å². The van der Waals surface area contributed by atoms with E-state index in [-0.39, 0.29) is 0 Å². The normalized spacial score (nSPS) is 9.91. The Balaban J connectivity index is 0.000000924. The molecule has 0 aliphatic carbocycles. The summed E-state index contributed by atoms with van der Waals surface area (Å²) in [5.74, 6) is 0.188. The number of nitrogens with zero attached hydrogens (tertiary/aromatic N) is 3. The van der Waals surface area contributed by atoms with E-state index in [2.05, 4.69) is 15.0 Å². The maximum Gasteiger partial charge on any atom is 0.163 e. The molecule has 4 nitrogen and oxygen atoms in total. The van der Waals surface area contributed by atoms with Crippen LogP contribution in [0.3, 0.4) is 0 Å². The van der Waals surface area contributed by atoms with E-state index in [9.17, 15) is 4.39 Å². The van der Waals surface area contributed by atoms with E-state index < -0.39 is 5.82 Å². The van der Waals surface area contributed by atoms with Gasteiger partial charge < -0.3 is 5.73 Å². The van der Waals surface area contributed by atoms with Gasteiger partial charge >= 0.3 is 0 Å². The summed E-state index contributed by atoms with van der Waals surface area (Å²) >= 11 is 0. The van der Waals surface area contributed by atoms with Crippen LogP contribution in [0, 0.1) is 12.7 Å². The fraction of sp³-hybridized carbons (Fsp3) is 0.167. The first kappa shape index (κ1) is 16.5. The zero-order valence-corrected chi connectivity index (χ0v) is 13.4. The number of nitrogen functional groups attached to an aromatic ring is 1. The number of hydrogen-bond acceptors (Lipinski definition) is 4. The standard InChI is InChI=1S/C16H13FN4.C2H6/c1-10-2-4-11(5-3-10)12-6-14(15(18)19-7-12)16-20-8-13(17)9-21-16;1-2/h2-9H,1H3,(H2,18,19);1-2H3. The molecule has 0 spiro atoms. The molecular weight excluding hydrogens is 291 g/mol. The summed E-state index contributed by atoms with van der Waals surface area (Å²) < 4.78 is 12.9. The third-order valence-electron chi connectivity index (χ3n) is 3.16. The van der Waals surface area contributed by atoms with Crippen LogP contribution in [-0.2, 0) is 0 Å². The lowest BCUT2D eigenvalue weighted by atomic mass is 10.0. The van der Waals surface area contributed by atoms with Crippen LogP contribution in [0.2, 0.25) is 0 Å². The Morgan fingerprint density at radius 1 is 0.870 bits per heavy atom. The first-order valence-electron chi connectivity index (χ1n) is 7.44. The highest BCUT2D eigenvalue weighted by atomic mass is 19.1. The summed E-state index contributed by atoms with van der Waals surface area (Å²) in [6, 6.07) is 9.94. The second-order valence-corrected chi connectivity index (χ2v) is 4.75. The van der Waals surface area contributed by atoms with E-state index in [1.54, 1.807) is 6.20 Å². The van der Waals surface area contributed by atoms with Gasteiger partial charge in [0.1, 0.15) is 5.82 Å². The Kier molecular flexibility index (Phi) is 5.36. The van der Waals surface area contributed by atoms with Gasteiger partial charge in [-0.25, -0.2) is 19.3 Å². The number of halogens is 1. The molecule has 0 amide bonds. The van der Waals surface area contributed by atoms with Crippen molar-refractivity contribution in [2.45, 2.75) is 20.8 Å². The van der Waals surface area contributed by atoms with Gasteiger partial charge in [-0.05, 0) is 18.6 Å². The molecular formula is C18H19FN4. The summed E-state index contributed by atoms with van der Waals surface area (Å²) in [6.07, 6.45) is 3.92. The molecule has 1 aromatic carbocycles. The summed E-state index contributed by atoms with van der Waals surface area (Å²) in [5.41, 5.74) is 9.59. The SMILES string of the molecule is CC.Cc1ccc(-c2cnc(N)c(-c3ncc(F)cn3)c2)cc1. The van der Waals surface area contributed by atoms with Crippen molar-refractivity contribution in [3.63, 3.8) is 0 Å². The molecule has 2 aromatic heterocycles. The van der Waals surface area contributed by atoms with Gasteiger partial charge in [-0.1, -0.05) is 43.7 Å². The zero-order valence-electron chi connectivity index (χ0n) is 13.4. The third kappa shape index (κ3) is 3.88. The van der Waals surface area contributed by atoms with E-state index in [0.717, 1.165) is 23.5 Å². The van der Waals surface area contributed by atoms with Gasteiger partial charge in [0.2, 0.25) is 0 Å².